The number of nitrogens with one attached hydrogen (secondary N) is 1. The van der Waals surface area contributed by atoms with Gasteiger partial charge in [-0.25, -0.2) is 14.8 Å². The molecule has 96 valence electrons. The second kappa shape index (κ2) is 5.53. The first kappa shape index (κ1) is 13.1. The Morgan fingerprint density at radius 3 is 2.94 bits per heavy atom. The molecule has 0 aliphatic carbocycles. The van der Waals surface area contributed by atoms with E-state index in [2.05, 4.69) is 26.6 Å². The molecular weight excluding hydrogens is 270 g/mol. The van der Waals surface area contributed by atoms with Crippen molar-refractivity contribution in [2.75, 3.05) is 7.11 Å². The Morgan fingerprint density at radius 2 is 2.33 bits per heavy atom. The van der Waals surface area contributed by atoms with Crippen LogP contribution in [-0.2, 0) is 10.5 Å². The number of hydrogen-bond donors (Lipinski definition) is 1. The van der Waals surface area contributed by atoms with E-state index >= 15 is 0 Å². The molecule has 7 heteroatoms. The minimum atomic E-state index is -0.407. The lowest BCUT2D eigenvalue weighted by atomic mass is 10.4. The molecule has 0 amide bonds. The van der Waals surface area contributed by atoms with E-state index in [1.807, 2.05) is 6.92 Å². The number of aromatic amines is 1. The van der Waals surface area contributed by atoms with Gasteiger partial charge in [0.1, 0.15) is 10.7 Å². The number of aryl methyl sites for hydroxylation is 2. The zero-order valence-electron chi connectivity index (χ0n) is 10.3. The zero-order chi connectivity index (χ0) is 13.1. The molecule has 2 aromatic heterocycles. The van der Waals surface area contributed by atoms with Crippen LogP contribution in [0.2, 0.25) is 0 Å². The molecule has 1 N–H and O–H groups in total. The smallest absolute Gasteiger partial charge is 0.356 e. The summed E-state index contributed by atoms with van der Waals surface area (Å²) in [5, 5.41) is 1.76. The number of thiazole rings is 1. The molecule has 0 radical (unpaired) electrons. The molecule has 0 aliphatic rings. The normalized spacial score (nSPS) is 10.6. The first-order valence-electron chi connectivity index (χ1n) is 5.29. The number of hydrogen-bond acceptors (Lipinski definition) is 6. The number of thioether (sulfide) groups is 1. The number of nitrogens with zero attached hydrogens (tertiary/aromatic N) is 2. The molecule has 0 spiro atoms. The van der Waals surface area contributed by atoms with Gasteiger partial charge in [0, 0.05) is 4.88 Å². The SMILES string of the molecule is COC(=O)c1cnc(SCc2nc(C)c(C)s2)[nH]1. The molecule has 0 aliphatic heterocycles. The number of carbonyl (C=O) groups excluding carboxylic acids is 1. The van der Waals surface area contributed by atoms with Gasteiger partial charge in [-0.2, -0.15) is 0 Å². The van der Waals surface area contributed by atoms with Crippen LogP contribution in [0.25, 0.3) is 0 Å². The van der Waals surface area contributed by atoms with Gasteiger partial charge >= 0.3 is 5.97 Å². The van der Waals surface area contributed by atoms with E-state index in [-0.39, 0.29) is 0 Å². The number of esters is 1. The third-order valence-electron chi connectivity index (χ3n) is 2.36. The summed E-state index contributed by atoms with van der Waals surface area (Å²) in [5.74, 6) is 0.336. The summed E-state index contributed by atoms with van der Waals surface area (Å²) in [7, 11) is 1.34. The number of aromatic nitrogens is 3. The highest BCUT2D eigenvalue weighted by molar-refractivity contribution is 7.98. The van der Waals surface area contributed by atoms with E-state index in [1.165, 1.54) is 29.9 Å². The molecule has 0 saturated heterocycles. The van der Waals surface area contributed by atoms with Crippen LogP contribution in [0.4, 0.5) is 0 Å². The van der Waals surface area contributed by atoms with Gasteiger partial charge in [0.05, 0.1) is 24.8 Å². The van der Waals surface area contributed by atoms with Crippen LogP contribution in [0.5, 0.6) is 0 Å². The third kappa shape index (κ3) is 2.91. The van der Waals surface area contributed by atoms with Gasteiger partial charge in [-0.1, -0.05) is 11.8 Å². The number of rotatable bonds is 4. The quantitative estimate of drug-likeness (QED) is 0.690. The van der Waals surface area contributed by atoms with Crippen molar-refractivity contribution < 1.29 is 9.53 Å². The van der Waals surface area contributed by atoms with Crippen molar-refractivity contribution in [2.24, 2.45) is 0 Å². The first-order valence-corrected chi connectivity index (χ1v) is 7.09. The predicted molar refractivity (Wildman–Crippen MR) is 71.1 cm³/mol. The lowest BCUT2D eigenvalue weighted by molar-refractivity contribution is 0.0594. The highest BCUT2D eigenvalue weighted by atomic mass is 32.2. The molecule has 0 fully saturated rings. The van der Waals surface area contributed by atoms with E-state index in [1.54, 1.807) is 11.3 Å². The Bertz CT molecular complexity index is 543. The maximum absolute atomic E-state index is 11.2. The molecule has 0 unspecified atom stereocenters. The van der Waals surface area contributed by atoms with Gasteiger partial charge < -0.3 is 9.72 Å². The van der Waals surface area contributed by atoms with E-state index in [9.17, 15) is 4.79 Å². The van der Waals surface area contributed by atoms with Crippen LogP contribution in [-0.4, -0.2) is 28.0 Å². The topological polar surface area (TPSA) is 67.9 Å². The standard InChI is InChI=1S/C11H13N3O2S2/c1-6-7(2)18-9(13-6)5-17-11-12-4-8(14-11)10(15)16-3/h4H,5H2,1-3H3,(H,12,14). The van der Waals surface area contributed by atoms with Crippen molar-refractivity contribution in [1.29, 1.82) is 0 Å². The molecule has 2 rings (SSSR count). The fraction of sp³-hybridized carbons (Fsp3) is 0.364. The molecule has 2 heterocycles. The molecule has 18 heavy (non-hydrogen) atoms. The van der Waals surface area contributed by atoms with Gasteiger partial charge in [0.2, 0.25) is 0 Å². The van der Waals surface area contributed by atoms with Gasteiger partial charge in [0.15, 0.2) is 5.16 Å². The van der Waals surface area contributed by atoms with E-state index < -0.39 is 5.97 Å². The third-order valence-corrected chi connectivity index (χ3v) is 4.52. The largest absolute Gasteiger partial charge is 0.464 e. The average Bonchev–Trinajstić information content (AvgIpc) is 2.94. The molecule has 0 aromatic carbocycles. The highest BCUT2D eigenvalue weighted by Gasteiger charge is 2.10. The van der Waals surface area contributed by atoms with Crippen LogP contribution in [0, 0.1) is 13.8 Å². The average molecular weight is 283 g/mol. The fourth-order valence-electron chi connectivity index (χ4n) is 1.32. The number of H-pyrrole nitrogens is 1. The van der Waals surface area contributed by atoms with Crippen LogP contribution in [0.1, 0.15) is 26.1 Å². The lowest BCUT2D eigenvalue weighted by Crippen LogP contribution is -2.00. The van der Waals surface area contributed by atoms with Crippen LogP contribution >= 0.6 is 23.1 Å². The van der Waals surface area contributed by atoms with E-state index in [4.69, 9.17) is 0 Å². The van der Waals surface area contributed by atoms with E-state index in [0.717, 1.165) is 16.5 Å². The summed E-state index contributed by atoms with van der Waals surface area (Å²) in [6.07, 6.45) is 1.48. The number of methoxy groups -OCH3 is 1. The lowest BCUT2D eigenvalue weighted by Gasteiger charge is -1.94. The van der Waals surface area contributed by atoms with Gasteiger partial charge in [0.25, 0.3) is 0 Å². The summed E-state index contributed by atoms with van der Waals surface area (Å²) >= 11 is 3.20. The van der Waals surface area contributed by atoms with Gasteiger partial charge in [-0.15, -0.1) is 11.3 Å². The van der Waals surface area contributed by atoms with Gasteiger partial charge in [-0.05, 0) is 13.8 Å². The Balaban J connectivity index is 1.98. The van der Waals surface area contributed by atoms with Crippen molar-refractivity contribution >= 4 is 29.1 Å². The van der Waals surface area contributed by atoms with Crippen molar-refractivity contribution in [3.63, 3.8) is 0 Å². The fourth-order valence-corrected chi connectivity index (χ4v) is 3.10. The Hall–Kier alpha value is -1.34. The second-order valence-electron chi connectivity index (χ2n) is 3.63. The maximum atomic E-state index is 11.2. The van der Waals surface area contributed by atoms with Crippen LogP contribution in [0.3, 0.4) is 0 Å². The van der Waals surface area contributed by atoms with Crippen molar-refractivity contribution in [3.8, 4) is 0 Å². The number of ether oxygens (including phenoxy) is 1. The molecule has 2 aromatic rings. The van der Waals surface area contributed by atoms with Crippen molar-refractivity contribution in [3.05, 3.63) is 27.5 Å². The minimum Gasteiger partial charge on any atom is -0.464 e. The predicted octanol–water partition coefficient (Wildman–Crippen LogP) is 2.56. The van der Waals surface area contributed by atoms with Crippen LogP contribution < -0.4 is 0 Å². The summed E-state index contributed by atoms with van der Waals surface area (Å²) in [6, 6.07) is 0. The number of carbonyl (C=O) groups is 1. The van der Waals surface area contributed by atoms with E-state index in [0.29, 0.717) is 10.9 Å². The first-order chi connectivity index (χ1) is 8.60. The van der Waals surface area contributed by atoms with Crippen molar-refractivity contribution in [2.45, 2.75) is 24.8 Å². The summed E-state index contributed by atoms with van der Waals surface area (Å²) in [5.41, 5.74) is 1.44. The molecule has 0 bridgehead atoms. The van der Waals surface area contributed by atoms with Crippen molar-refractivity contribution in [1.82, 2.24) is 15.0 Å². The Kier molecular flexibility index (Phi) is 4.03. The highest BCUT2D eigenvalue weighted by Crippen LogP contribution is 2.24. The molecular formula is C11H13N3O2S2. The zero-order valence-corrected chi connectivity index (χ0v) is 11.9. The molecule has 0 saturated carbocycles. The molecule has 0 atom stereocenters. The minimum absolute atomic E-state index is 0.367. The van der Waals surface area contributed by atoms with Gasteiger partial charge in [-0.3, -0.25) is 0 Å². The summed E-state index contributed by atoms with van der Waals surface area (Å²) in [6.45, 7) is 4.06. The maximum Gasteiger partial charge on any atom is 0.356 e. The Morgan fingerprint density at radius 1 is 1.56 bits per heavy atom. The monoisotopic (exact) mass is 283 g/mol. The number of imidazole rings is 1. The Labute approximate surface area is 113 Å². The second-order valence-corrected chi connectivity index (χ2v) is 5.88. The summed E-state index contributed by atoms with van der Waals surface area (Å²) < 4.78 is 4.60. The molecule has 5 nitrogen and oxygen atoms in total. The summed E-state index contributed by atoms with van der Waals surface area (Å²) in [4.78, 5) is 23.9. The van der Waals surface area contributed by atoms with Crippen LogP contribution in [0.15, 0.2) is 11.4 Å².